The van der Waals surface area contributed by atoms with Crippen LogP contribution in [0.2, 0.25) is 0 Å². The third kappa shape index (κ3) is 1.95. The van der Waals surface area contributed by atoms with E-state index in [1.165, 1.54) is 0 Å². The van der Waals surface area contributed by atoms with E-state index in [1.54, 1.807) is 6.20 Å². The molecule has 2 aromatic heterocycles. The molecule has 0 amide bonds. The minimum atomic E-state index is 0.360. The Kier molecular flexibility index (Phi) is 2.50. The highest BCUT2D eigenvalue weighted by Gasteiger charge is 2.10. The van der Waals surface area contributed by atoms with Gasteiger partial charge in [0.1, 0.15) is 11.4 Å². The molecular formula is C16H11N5. The second-order valence-corrected chi connectivity index (χ2v) is 4.69. The molecule has 0 radical (unpaired) electrons. The lowest BCUT2D eigenvalue weighted by Crippen LogP contribution is -2.00. The predicted octanol–water partition coefficient (Wildman–Crippen LogP) is 2.82. The van der Waals surface area contributed by atoms with Crippen molar-refractivity contribution in [1.82, 2.24) is 19.9 Å². The summed E-state index contributed by atoms with van der Waals surface area (Å²) in [6, 6.07) is 15.3. The first-order chi connectivity index (χ1) is 10.3. The van der Waals surface area contributed by atoms with Crippen molar-refractivity contribution in [2.24, 2.45) is 0 Å². The molecule has 0 spiro atoms. The van der Waals surface area contributed by atoms with E-state index in [9.17, 15) is 0 Å². The SMILES string of the molecule is Nc1nc2ccccc2nc1-c1cnc2ccccc2n1. The highest BCUT2D eigenvalue weighted by atomic mass is 14.9. The molecule has 5 heteroatoms. The van der Waals surface area contributed by atoms with Gasteiger partial charge in [0.25, 0.3) is 0 Å². The van der Waals surface area contributed by atoms with Gasteiger partial charge in [-0.05, 0) is 24.3 Å². The van der Waals surface area contributed by atoms with Gasteiger partial charge in [-0.3, -0.25) is 4.98 Å². The smallest absolute Gasteiger partial charge is 0.152 e. The number of nitrogen functional groups attached to an aromatic ring is 1. The minimum absolute atomic E-state index is 0.360. The number of para-hydroxylation sites is 4. The molecule has 0 aliphatic carbocycles. The topological polar surface area (TPSA) is 77.6 Å². The molecule has 4 rings (SSSR count). The molecule has 21 heavy (non-hydrogen) atoms. The summed E-state index contributed by atoms with van der Waals surface area (Å²) in [7, 11) is 0. The molecular weight excluding hydrogens is 262 g/mol. The second kappa shape index (κ2) is 4.49. The standard InChI is InChI=1S/C16H11N5/c17-16-15(20-12-7-3-4-8-13(12)21-16)14-9-18-10-5-1-2-6-11(10)19-14/h1-9H,(H2,17,21). The maximum absolute atomic E-state index is 6.02. The summed E-state index contributed by atoms with van der Waals surface area (Å²) in [5.74, 6) is 0.360. The number of nitrogens with zero attached hydrogens (tertiary/aromatic N) is 4. The summed E-state index contributed by atoms with van der Waals surface area (Å²) in [6.45, 7) is 0. The fourth-order valence-electron chi connectivity index (χ4n) is 2.27. The monoisotopic (exact) mass is 273 g/mol. The first-order valence-corrected chi connectivity index (χ1v) is 6.56. The van der Waals surface area contributed by atoms with E-state index >= 15 is 0 Å². The molecule has 0 bridgehead atoms. The number of hydrogen-bond acceptors (Lipinski definition) is 5. The molecule has 5 nitrogen and oxygen atoms in total. The van der Waals surface area contributed by atoms with Gasteiger partial charge in [0.05, 0.1) is 28.3 Å². The van der Waals surface area contributed by atoms with Crippen molar-refractivity contribution in [2.45, 2.75) is 0 Å². The van der Waals surface area contributed by atoms with Crippen LogP contribution in [-0.2, 0) is 0 Å². The van der Waals surface area contributed by atoms with Gasteiger partial charge in [-0.2, -0.15) is 0 Å². The van der Waals surface area contributed by atoms with Gasteiger partial charge in [0.2, 0.25) is 0 Å². The predicted molar refractivity (Wildman–Crippen MR) is 82.5 cm³/mol. The molecule has 0 aliphatic rings. The number of aromatic nitrogens is 4. The number of benzene rings is 2. The summed E-state index contributed by atoms with van der Waals surface area (Å²) < 4.78 is 0. The van der Waals surface area contributed by atoms with Crippen molar-refractivity contribution in [3.05, 3.63) is 54.7 Å². The van der Waals surface area contributed by atoms with Crippen LogP contribution in [0.5, 0.6) is 0 Å². The molecule has 2 heterocycles. The van der Waals surface area contributed by atoms with Crippen molar-refractivity contribution >= 4 is 27.9 Å². The second-order valence-electron chi connectivity index (χ2n) is 4.69. The Morgan fingerprint density at radius 1 is 0.667 bits per heavy atom. The third-order valence-electron chi connectivity index (χ3n) is 3.29. The summed E-state index contributed by atoms with van der Waals surface area (Å²) in [4.78, 5) is 17.9. The Morgan fingerprint density at radius 3 is 1.95 bits per heavy atom. The van der Waals surface area contributed by atoms with Crippen molar-refractivity contribution in [1.29, 1.82) is 0 Å². The van der Waals surface area contributed by atoms with Gasteiger partial charge in [-0.15, -0.1) is 0 Å². The highest BCUT2D eigenvalue weighted by molar-refractivity contribution is 5.83. The van der Waals surface area contributed by atoms with Crippen molar-refractivity contribution in [3.63, 3.8) is 0 Å². The Hall–Kier alpha value is -3.08. The summed E-state index contributed by atoms with van der Waals surface area (Å²) in [6.07, 6.45) is 1.68. The highest BCUT2D eigenvalue weighted by Crippen LogP contribution is 2.24. The summed E-state index contributed by atoms with van der Waals surface area (Å²) in [5, 5.41) is 0. The lowest BCUT2D eigenvalue weighted by Gasteiger charge is -2.06. The van der Waals surface area contributed by atoms with Crippen LogP contribution in [-0.4, -0.2) is 19.9 Å². The number of rotatable bonds is 1. The van der Waals surface area contributed by atoms with Gasteiger partial charge in [-0.25, -0.2) is 15.0 Å². The average molecular weight is 273 g/mol. The molecule has 2 aromatic carbocycles. The van der Waals surface area contributed by atoms with Crippen LogP contribution in [0, 0.1) is 0 Å². The van der Waals surface area contributed by atoms with E-state index < -0.39 is 0 Å². The molecule has 4 aromatic rings. The Morgan fingerprint density at radius 2 is 1.24 bits per heavy atom. The Bertz CT molecular complexity index is 965. The first kappa shape index (κ1) is 11.7. The Labute approximate surface area is 120 Å². The number of anilines is 1. The van der Waals surface area contributed by atoms with E-state index in [0.717, 1.165) is 22.1 Å². The van der Waals surface area contributed by atoms with Gasteiger partial charge >= 0.3 is 0 Å². The van der Waals surface area contributed by atoms with Crippen LogP contribution in [0.3, 0.4) is 0 Å². The van der Waals surface area contributed by atoms with Gasteiger partial charge in [-0.1, -0.05) is 24.3 Å². The van der Waals surface area contributed by atoms with Crippen molar-refractivity contribution < 1.29 is 0 Å². The lowest BCUT2D eigenvalue weighted by atomic mass is 10.2. The Balaban J connectivity index is 1.96. The fraction of sp³-hybridized carbons (Fsp3) is 0. The van der Waals surface area contributed by atoms with E-state index in [4.69, 9.17) is 5.73 Å². The number of nitrogens with two attached hydrogens (primary N) is 1. The molecule has 0 atom stereocenters. The van der Waals surface area contributed by atoms with Crippen LogP contribution in [0.25, 0.3) is 33.5 Å². The van der Waals surface area contributed by atoms with Gasteiger partial charge in [0, 0.05) is 0 Å². The van der Waals surface area contributed by atoms with E-state index in [0.29, 0.717) is 17.2 Å². The van der Waals surface area contributed by atoms with Crippen LogP contribution in [0.1, 0.15) is 0 Å². The molecule has 0 aliphatic heterocycles. The first-order valence-electron chi connectivity index (χ1n) is 6.56. The van der Waals surface area contributed by atoms with Gasteiger partial charge in [0.15, 0.2) is 5.82 Å². The fourth-order valence-corrected chi connectivity index (χ4v) is 2.27. The molecule has 0 unspecified atom stereocenters. The van der Waals surface area contributed by atoms with Crippen molar-refractivity contribution in [2.75, 3.05) is 5.73 Å². The van der Waals surface area contributed by atoms with Crippen LogP contribution in [0.15, 0.2) is 54.7 Å². The quantitative estimate of drug-likeness (QED) is 0.577. The molecule has 0 saturated heterocycles. The maximum Gasteiger partial charge on any atom is 0.152 e. The maximum atomic E-state index is 6.02. The molecule has 100 valence electrons. The zero-order valence-electron chi connectivity index (χ0n) is 11.1. The van der Waals surface area contributed by atoms with Crippen LogP contribution in [0.4, 0.5) is 5.82 Å². The van der Waals surface area contributed by atoms with E-state index in [-0.39, 0.29) is 0 Å². The zero-order valence-corrected chi connectivity index (χ0v) is 11.1. The van der Waals surface area contributed by atoms with Crippen LogP contribution < -0.4 is 5.73 Å². The van der Waals surface area contributed by atoms with Crippen molar-refractivity contribution in [3.8, 4) is 11.4 Å². The van der Waals surface area contributed by atoms with Crippen LogP contribution >= 0.6 is 0 Å². The lowest BCUT2D eigenvalue weighted by molar-refractivity contribution is 1.23. The van der Waals surface area contributed by atoms with E-state index in [2.05, 4.69) is 19.9 Å². The van der Waals surface area contributed by atoms with Gasteiger partial charge < -0.3 is 5.73 Å². The summed E-state index contributed by atoms with van der Waals surface area (Å²) >= 11 is 0. The number of hydrogen-bond donors (Lipinski definition) is 1. The molecule has 2 N–H and O–H groups in total. The third-order valence-corrected chi connectivity index (χ3v) is 3.29. The number of fused-ring (bicyclic) bond motifs is 2. The average Bonchev–Trinajstić information content (AvgIpc) is 2.54. The zero-order chi connectivity index (χ0) is 14.2. The minimum Gasteiger partial charge on any atom is -0.382 e. The normalized spacial score (nSPS) is 11.0. The largest absolute Gasteiger partial charge is 0.382 e. The molecule has 0 fully saturated rings. The molecule has 0 saturated carbocycles. The van der Waals surface area contributed by atoms with E-state index in [1.807, 2.05) is 48.5 Å². The summed E-state index contributed by atoms with van der Waals surface area (Å²) in [5.41, 5.74) is 10.4.